The van der Waals surface area contributed by atoms with Crippen molar-refractivity contribution in [3.05, 3.63) is 11.6 Å². The molecule has 0 saturated carbocycles. The van der Waals surface area contributed by atoms with Gasteiger partial charge in [-0.25, -0.2) is 0 Å². The first-order chi connectivity index (χ1) is 7.73. The van der Waals surface area contributed by atoms with Gasteiger partial charge in [0.2, 0.25) is 0 Å². The molecule has 1 heterocycles. The molecule has 0 aromatic rings. The Labute approximate surface area is 104 Å². The monoisotopic (exact) mass is 233 g/mol. The van der Waals surface area contributed by atoms with Gasteiger partial charge in [0.25, 0.3) is 0 Å². The van der Waals surface area contributed by atoms with Crippen molar-refractivity contribution in [2.45, 2.75) is 47.5 Å². The lowest BCUT2D eigenvalue weighted by Crippen LogP contribution is -2.43. The van der Waals surface area contributed by atoms with Crippen LogP contribution in [0.1, 0.15) is 47.5 Å². The lowest BCUT2D eigenvalue weighted by molar-refractivity contribution is -0.120. The summed E-state index contributed by atoms with van der Waals surface area (Å²) in [5.74, 6) is 0.494. The number of carbonyl (C=O) groups excluding carboxylic acids is 1. The predicted molar refractivity (Wildman–Crippen MR) is 71.4 cm³/mol. The third-order valence-corrected chi connectivity index (χ3v) is 4.04. The highest BCUT2D eigenvalue weighted by Gasteiger charge is 2.41. The first kappa shape index (κ1) is 12.5. The van der Waals surface area contributed by atoms with Crippen LogP contribution in [0, 0.1) is 16.7 Å². The molecule has 0 N–H and O–H groups in total. The predicted octanol–water partition coefficient (Wildman–Crippen LogP) is 3.42. The molecule has 2 atom stereocenters. The molecule has 0 saturated heterocycles. The number of fused-ring (bicyclic) bond motifs is 2. The Kier molecular flexibility index (Phi) is 2.80. The molecule has 2 heteroatoms. The molecular weight excluding hydrogens is 210 g/mol. The van der Waals surface area contributed by atoms with E-state index in [1.807, 2.05) is 20.8 Å². The van der Waals surface area contributed by atoms with Crippen LogP contribution in [-0.4, -0.2) is 18.0 Å². The minimum absolute atomic E-state index is 0.221. The van der Waals surface area contributed by atoms with Gasteiger partial charge in [-0.05, 0) is 25.2 Å². The number of hydrogen-bond donors (Lipinski definition) is 0. The average molecular weight is 233 g/mol. The number of carbonyl (C=O) groups is 1. The summed E-state index contributed by atoms with van der Waals surface area (Å²) in [5.41, 5.74) is 2.12. The van der Waals surface area contributed by atoms with Crippen LogP contribution in [0.3, 0.4) is 0 Å². The number of ketones is 1. The van der Waals surface area contributed by atoms with E-state index in [0.29, 0.717) is 0 Å². The fourth-order valence-electron chi connectivity index (χ4n) is 2.73. The van der Waals surface area contributed by atoms with Crippen LogP contribution in [0.4, 0.5) is 0 Å². The molecule has 2 nitrogen and oxygen atoms in total. The zero-order valence-electron chi connectivity index (χ0n) is 11.6. The van der Waals surface area contributed by atoms with Crippen LogP contribution >= 0.6 is 0 Å². The summed E-state index contributed by atoms with van der Waals surface area (Å²) >= 11 is 0. The molecule has 2 aliphatic rings. The maximum absolute atomic E-state index is 12.4. The van der Waals surface area contributed by atoms with Crippen LogP contribution in [-0.2, 0) is 4.79 Å². The van der Waals surface area contributed by atoms with E-state index >= 15 is 0 Å². The summed E-state index contributed by atoms with van der Waals surface area (Å²) in [6.07, 6.45) is 4.50. The second-order valence-corrected chi connectivity index (χ2v) is 7.00. The largest absolute Gasteiger partial charge is 0.292 e. The number of nitrogens with zero attached hydrogens (tertiary/aromatic N) is 1. The van der Waals surface area contributed by atoms with Crippen molar-refractivity contribution in [2.24, 2.45) is 21.7 Å². The van der Waals surface area contributed by atoms with Crippen molar-refractivity contribution < 1.29 is 4.79 Å². The van der Waals surface area contributed by atoms with Gasteiger partial charge < -0.3 is 0 Å². The summed E-state index contributed by atoms with van der Waals surface area (Å²) in [7, 11) is 0. The van der Waals surface area contributed by atoms with Gasteiger partial charge in [-0.1, -0.05) is 39.3 Å². The van der Waals surface area contributed by atoms with Crippen LogP contribution < -0.4 is 0 Å². The average Bonchev–Trinajstić information content (AvgIpc) is 2.22. The molecule has 2 rings (SSSR count). The number of aliphatic imine (C=N–C) groups is 1. The van der Waals surface area contributed by atoms with Crippen LogP contribution in [0.15, 0.2) is 16.6 Å². The van der Waals surface area contributed by atoms with E-state index in [1.165, 1.54) is 5.57 Å². The maximum Gasteiger partial charge on any atom is 0.182 e. The maximum atomic E-state index is 12.4. The molecule has 1 aliphatic carbocycles. The van der Waals surface area contributed by atoms with E-state index < -0.39 is 0 Å². The number of rotatable bonds is 1. The second-order valence-electron chi connectivity index (χ2n) is 7.00. The lowest BCUT2D eigenvalue weighted by Gasteiger charge is -2.41. The molecule has 1 aliphatic heterocycles. The summed E-state index contributed by atoms with van der Waals surface area (Å²) in [6.45, 7) is 11.2. The Morgan fingerprint density at radius 2 is 2.12 bits per heavy atom. The Balaban J connectivity index is 2.35. The first-order valence-electron chi connectivity index (χ1n) is 6.49. The Hall–Kier alpha value is -0.920. The van der Waals surface area contributed by atoms with Crippen LogP contribution in [0.25, 0.3) is 0 Å². The Morgan fingerprint density at radius 3 is 2.71 bits per heavy atom. The molecule has 0 aromatic carbocycles. The van der Waals surface area contributed by atoms with Crippen molar-refractivity contribution in [3.8, 4) is 0 Å². The van der Waals surface area contributed by atoms with Gasteiger partial charge in [0.1, 0.15) is 0 Å². The SMILES string of the molecule is CC1=CCC2(C)CN=C(C(=O)C(C)(C)C)C1C2. The fraction of sp³-hybridized carbons (Fsp3) is 0.733. The van der Waals surface area contributed by atoms with Crippen molar-refractivity contribution in [1.82, 2.24) is 0 Å². The zero-order chi connectivity index (χ0) is 12.8. The highest BCUT2D eigenvalue weighted by atomic mass is 16.1. The highest BCUT2D eigenvalue weighted by Crippen LogP contribution is 2.43. The summed E-state index contributed by atoms with van der Waals surface area (Å²) in [5, 5.41) is 0. The number of hydrogen-bond acceptors (Lipinski definition) is 2. The van der Waals surface area contributed by atoms with Crippen molar-refractivity contribution >= 4 is 11.5 Å². The molecule has 0 fully saturated rings. The van der Waals surface area contributed by atoms with Gasteiger partial charge in [-0.3, -0.25) is 9.79 Å². The standard InChI is InChI=1S/C15H23NO/c1-10-6-7-15(5)8-11(10)12(16-9-15)13(17)14(2,3)4/h6,11H,7-9H2,1-5H3. The second kappa shape index (κ2) is 3.79. The number of allylic oxidation sites excluding steroid dienone is 2. The van der Waals surface area contributed by atoms with Crippen molar-refractivity contribution in [2.75, 3.05) is 6.54 Å². The van der Waals surface area contributed by atoms with E-state index in [0.717, 1.165) is 25.1 Å². The molecule has 2 bridgehead atoms. The normalized spacial score (nSPS) is 32.9. The Morgan fingerprint density at radius 1 is 1.47 bits per heavy atom. The zero-order valence-corrected chi connectivity index (χ0v) is 11.6. The molecule has 0 spiro atoms. The third-order valence-electron chi connectivity index (χ3n) is 4.04. The van der Waals surface area contributed by atoms with E-state index in [1.54, 1.807) is 0 Å². The number of Topliss-reactive ketones (excluding diaryl/α,β-unsaturated/α-hetero) is 1. The molecular formula is C15H23NO. The first-order valence-corrected chi connectivity index (χ1v) is 6.49. The van der Waals surface area contributed by atoms with Crippen LogP contribution in [0.5, 0.6) is 0 Å². The van der Waals surface area contributed by atoms with Gasteiger partial charge in [0.05, 0.1) is 5.71 Å². The summed E-state index contributed by atoms with van der Waals surface area (Å²) in [6, 6.07) is 0. The van der Waals surface area contributed by atoms with Crippen molar-refractivity contribution in [3.63, 3.8) is 0 Å². The van der Waals surface area contributed by atoms with Crippen molar-refractivity contribution in [1.29, 1.82) is 0 Å². The highest BCUT2D eigenvalue weighted by molar-refractivity contribution is 6.42. The fourth-order valence-corrected chi connectivity index (χ4v) is 2.73. The molecule has 94 valence electrons. The van der Waals surface area contributed by atoms with Crippen LogP contribution in [0.2, 0.25) is 0 Å². The van der Waals surface area contributed by atoms with Gasteiger partial charge in [-0.2, -0.15) is 0 Å². The van der Waals surface area contributed by atoms with E-state index in [9.17, 15) is 4.79 Å². The summed E-state index contributed by atoms with van der Waals surface area (Å²) in [4.78, 5) is 17.0. The molecule has 2 unspecified atom stereocenters. The van der Waals surface area contributed by atoms with Gasteiger partial charge >= 0.3 is 0 Å². The van der Waals surface area contributed by atoms with E-state index in [-0.39, 0.29) is 22.5 Å². The minimum Gasteiger partial charge on any atom is -0.292 e. The van der Waals surface area contributed by atoms with Gasteiger partial charge in [0.15, 0.2) is 5.78 Å². The lowest BCUT2D eigenvalue weighted by atomic mass is 9.66. The van der Waals surface area contributed by atoms with E-state index in [2.05, 4.69) is 24.9 Å². The molecule has 17 heavy (non-hydrogen) atoms. The van der Waals surface area contributed by atoms with E-state index in [4.69, 9.17) is 0 Å². The van der Waals surface area contributed by atoms with Gasteiger partial charge in [-0.15, -0.1) is 0 Å². The quantitative estimate of drug-likeness (QED) is 0.638. The topological polar surface area (TPSA) is 29.4 Å². The smallest absolute Gasteiger partial charge is 0.182 e. The Bertz CT molecular complexity index is 411. The third kappa shape index (κ3) is 2.22. The molecule has 0 aromatic heterocycles. The van der Waals surface area contributed by atoms with Gasteiger partial charge in [0, 0.05) is 17.9 Å². The molecule has 0 radical (unpaired) electrons. The summed E-state index contributed by atoms with van der Waals surface area (Å²) < 4.78 is 0. The minimum atomic E-state index is -0.315. The molecule has 0 amide bonds.